The Bertz CT molecular complexity index is 1030. The van der Waals surface area contributed by atoms with Crippen molar-refractivity contribution in [2.24, 2.45) is 0 Å². The van der Waals surface area contributed by atoms with E-state index in [1.807, 2.05) is 12.3 Å². The van der Waals surface area contributed by atoms with Gasteiger partial charge in [-0.2, -0.15) is 5.26 Å². The Labute approximate surface area is 173 Å². The summed E-state index contributed by atoms with van der Waals surface area (Å²) in [5.74, 6) is 0.358. The van der Waals surface area contributed by atoms with Gasteiger partial charge in [0.15, 0.2) is 17.3 Å². The standard InChI is InChI=1S/C21H22FN7O/c22-16-9-15(12-24-18(16)10-23)28-6-4-27(5-7-28)13-14-8-17-20(25-11-14)29-3-1-2-19(29)21(30)26-17/h8-9,11-12,19H,1-7,13H2,(H,26,30). The first-order chi connectivity index (χ1) is 14.6. The quantitative estimate of drug-likeness (QED) is 0.829. The smallest absolute Gasteiger partial charge is 0.247 e. The molecular weight excluding hydrogens is 385 g/mol. The highest BCUT2D eigenvalue weighted by atomic mass is 19.1. The molecule has 0 aliphatic carbocycles. The highest BCUT2D eigenvalue weighted by Gasteiger charge is 2.37. The van der Waals surface area contributed by atoms with Crippen molar-refractivity contribution in [3.63, 3.8) is 0 Å². The lowest BCUT2D eigenvalue weighted by Crippen LogP contribution is -2.46. The first-order valence-electron chi connectivity index (χ1n) is 10.2. The van der Waals surface area contributed by atoms with Gasteiger partial charge in [0.25, 0.3) is 0 Å². The Morgan fingerprint density at radius 2 is 2.00 bits per heavy atom. The summed E-state index contributed by atoms with van der Waals surface area (Å²) in [4.78, 5) is 27.4. The number of nitrogens with zero attached hydrogens (tertiary/aromatic N) is 6. The van der Waals surface area contributed by atoms with E-state index in [0.29, 0.717) is 5.69 Å². The number of pyridine rings is 2. The summed E-state index contributed by atoms with van der Waals surface area (Å²) in [5, 5.41) is 11.8. The Hall–Kier alpha value is -3.25. The van der Waals surface area contributed by atoms with E-state index in [9.17, 15) is 9.18 Å². The van der Waals surface area contributed by atoms with E-state index in [1.54, 1.807) is 12.3 Å². The van der Waals surface area contributed by atoms with Gasteiger partial charge >= 0.3 is 0 Å². The minimum atomic E-state index is -0.583. The van der Waals surface area contributed by atoms with Crippen LogP contribution in [0.15, 0.2) is 24.5 Å². The first-order valence-corrected chi connectivity index (χ1v) is 10.2. The van der Waals surface area contributed by atoms with Gasteiger partial charge < -0.3 is 15.1 Å². The van der Waals surface area contributed by atoms with Crippen molar-refractivity contribution in [1.29, 1.82) is 5.26 Å². The monoisotopic (exact) mass is 407 g/mol. The molecule has 3 aliphatic heterocycles. The van der Waals surface area contributed by atoms with Crippen LogP contribution in [0.25, 0.3) is 0 Å². The number of carbonyl (C=O) groups is 1. The fourth-order valence-electron chi connectivity index (χ4n) is 4.52. The van der Waals surface area contributed by atoms with Crippen molar-refractivity contribution in [3.05, 3.63) is 41.6 Å². The minimum Gasteiger partial charge on any atom is -0.368 e. The lowest BCUT2D eigenvalue weighted by Gasteiger charge is -2.36. The number of nitriles is 1. The van der Waals surface area contributed by atoms with Gasteiger partial charge in [0, 0.05) is 51.5 Å². The number of hydrogen-bond donors (Lipinski definition) is 1. The lowest BCUT2D eigenvalue weighted by molar-refractivity contribution is -0.117. The second-order valence-corrected chi connectivity index (χ2v) is 7.95. The molecule has 5 rings (SSSR count). The molecule has 2 aromatic heterocycles. The number of carbonyl (C=O) groups excluding carboxylic acids is 1. The molecule has 5 heterocycles. The van der Waals surface area contributed by atoms with Gasteiger partial charge in [-0.05, 0) is 24.5 Å². The number of rotatable bonds is 3. The molecule has 1 amide bonds. The molecule has 2 aromatic rings. The van der Waals surface area contributed by atoms with Gasteiger partial charge in [-0.3, -0.25) is 9.69 Å². The number of hydrogen-bond acceptors (Lipinski definition) is 7. The molecule has 2 fully saturated rings. The van der Waals surface area contributed by atoms with E-state index in [2.05, 4.69) is 30.0 Å². The summed E-state index contributed by atoms with van der Waals surface area (Å²) in [7, 11) is 0. The second-order valence-electron chi connectivity index (χ2n) is 7.95. The Balaban J connectivity index is 1.23. The van der Waals surface area contributed by atoms with Crippen LogP contribution in [0.3, 0.4) is 0 Å². The number of anilines is 3. The van der Waals surface area contributed by atoms with Crippen LogP contribution in [-0.2, 0) is 11.3 Å². The summed E-state index contributed by atoms with van der Waals surface area (Å²) < 4.78 is 13.9. The summed E-state index contributed by atoms with van der Waals surface area (Å²) >= 11 is 0. The SMILES string of the molecule is N#Cc1ncc(N2CCN(Cc3cnc4c(c3)NC(=O)C3CCCN43)CC2)cc1F. The van der Waals surface area contributed by atoms with Gasteiger partial charge in [-0.25, -0.2) is 14.4 Å². The molecule has 30 heavy (non-hydrogen) atoms. The Morgan fingerprint density at radius 1 is 1.17 bits per heavy atom. The van der Waals surface area contributed by atoms with Crippen LogP contribution in [0, 0.1) is 17.1 Å². The third kappa shape index (κ3) is 3.33. The van der Waals surface area contributed by atoms with E-state index >= 15 is 0 Å². The molecule has 3 aliphatic rings. The highest BCUT2D eigenvalue weighted by molar-refractivity contribution is 6.03. The molecule has 1 atom stereocenters. The third-order valence-corrected chi connectivity index (χ3v) is 6.08. The predicted octanol–water partition coefficient (Wildman–Crippen LogP) is 1.73. The van der Waals surface area contributed by atoms with Crippen LogP contribution < -0.4 is 15.1 Å². The zero-order valence-corrected chi connectivity index (χ0v) is 16.5. The number of halogens is 1. The molecule has 9 heteroatoms. The van der Waals surface area contributed by atoms with E-state index in [0.717, 1.165) is 69.2 Å². The van der Waals surface area contributed by atoms with Gasteiger partial charge in [-0.15, -0.1) is 0 Å². The first kappa shape index (κ1) is 18.8. The molecule has 1 N–H and O–H groups in total. The fraction of sp³-hybridized carbons (Fsp3) is 0.429. The zero-order chi connectivity index (χ0) is 20.7. The van der Waals surface area contributed by atoms with Crippen molar-refractivity contribution >= 4 is 23.1 Å². The average molecular weight is 407 g/mol. The third-order valence-electron chi connectivity index (χ3n) is 6.08. The maximum atomic E-state index is 13.9. The number of aromatic nitrogens is 2. The van der Waals surface area contributed by atoms with Crippen molar-refractivity contribution in [2.75, 3.05) is 47.8 Å². The molecule has 0 saturated carbocycles. The second kappa shape index (κ2) is 7.54. The van der Waals surface area contributed by atoms with E-state index in [-0.39, 0.29) is 17.6 Å². The fourth-order valence-corrected chi connectivity index (χ4v) is 4.52. The summed E-state index contributed by atoms with van der Waals surface area (Å²) in [5.41, 5.74) is 2.38. The van der Waals surface area contributed by atoms with Crippen molar-refractivity contribution in [2.45, 2.75) is 25.4 Å². The van der Waals surface area contributed by atoms with Crippen LogP contribution in [0.4, 0.5) is 21.6 Å². The number of fused-ring (bicyclic) bond motifs is 3. The average Bonchev–Trinajstić information content (AvgIpc) is 3.25. The van der Waals surface area contributed by atoms with Gasteiger partial charge in [-0.1, -0.05) is 0 Å². The molecule has 0 radical (unpaired) electrons. The molecular formula is C21H22FN7O. The van der Waals surface area contributed by atoms with Crippen LogP contribution in [0.2, 0.25) is 0 Å². The summed E-state index contributed by atoms with van der Waals surface area (Å²) in [6.45, 7) is 4.76. The van der Waals surface area contributed by atoms with E-state index < -0.39 is 5.82 Å². The predicted molar refractivity (Wildman–Crippen MR) is 110 cm³/mol. The number of nitrogens with one attached hydrogen (secondary N) is 1. The van der Waals surface area contributed by atoms with Crippen molar-refractivity contribution in [3.8, 4) is 6.07 Å². The Morgan fingerprint density at radius 3 is 2.77 bits per heavy atom. The molecule has 0 spiro atoms. The normalized spacial score (nSPS) is 21.1. The van der Waals surface area contributed by atoms with E-state index in [4.69, 9.17) is 5.26 Å². The molecule has 154 valence electrons. The van der Waals surface area contributed by atoms with Gasteiger partial charge in [0.05, 0.1) is 17.6 Å². The largest absolute Gasteiger partial charge is 0.368 e. The van der Waals surface area contributed by atoms with Crippen LogP contribution >= 0.6 is 0 Å². The van der Waals surface area contributed by atoms with Crippen molar-refractivity contribution in [1.82, 2.24) is 14.9 Å². The summed E-state index contributed by atoms with van der Waals surface area (Å²) in [6.07, 6.45) is 5.36. The van der Waals surface area contributed by atoms with E-state index in [1.165, 1.54) is 6.07 Å². The minimum absolute atomic E-state index is 0.0656. The van der Waals surface area contributed by atoms with Crippen LogP contribution in [-0.4, -0.2) is 59.5 Å². The maximum absolute atomic E-state index is 13.9. The number of amides is 1. The molecule has 2 saturated heterocycles. The molecule has 0 bridgehead atoms. The zero-order valence-electron chi connectivity index (χ0n) is 16.5. The summed E-state index contributed by atoms with van der Waals surface area (Å²) in [6, 6.07) is 5.08. The lowest BCUT2D eigenvalue weighted by atomic mass is 10.1. The molecule has 1 unspecified atom stereocenters. The van der Waals surface area contributed by atoms with Crippen molar-refractivity contribution < 1.29 is 9.18 Å². The molecule has 0 aromatic carbocycles. The number of piperazine rings is 1. The Kier molecular flexibility index (Phi) is 4.71. The topological polar surface area (TPSA) is 88.4 Å². The van der Waals surface area contributed by atoms with Crippen LogP contribution in [0.1, 0.15) is 24.1 Å². The van der Waals surface area contributed by atoms with Gasteiger partial charge in [0.1, 0.15) is 12.1 Å². The molecule has 8 nitrogen and oxygen atoms in total. The highest BCUT2D eigenvalue weighted by Crippen LogP contribution is 2.35. The van der Waals surface area contributed by atoms with Gasteiger partial charge in [0.2, 0.25) is 5.91 Å². The van der Waals surface area contributed by atoms with Crippen LogP contribution in [0.5, 0.6) is 0 Å². The maximum Gasteiger partial charge on any atom is 0.247 e.